The van der Waals surface area contributed by atoms with Gasteiger partial charge in [0, 0.05) is 0 Å². The van der Waals surface area contributed by atoms with Crippen LogP contribution < -0.4 is 0 Å². The van der Waals surface area contributed by atoms with Crippen LogP contribution in [0.3, 0.4) is 0 Å². The molecule has 0 spiro atoms. The van der Waals surface area contributed by atoms with Gasteiger partial charge in [0.1, 0.15) is 5.71 Å². The molecule has 0 aliphatic heterocycles. The Morgan fingerprint density at radius 3 is 2.44 bits per heavy atom. The zero-order valence-electron chi connectivity index (χ0n) is 5.73. The van der Waals surface area contributed by atoms with Crippen LogP contribution in [0.15, 0.2) is 0 Å². The molecule has 0 amide bonds. The average Bonchev–Trinajstić information content (AvgIpc) is 1.87. The summed E-state index contributed by atoms with van der Waals surface area (Å²) in [5.74, 6) is -0.500. The lowest BCUT2D eigenvalue weighted by Crippen LogP contribution is -2.14. The summed E-state index contributed by atoms with van der Waals surface area (Å²) < 4.78 is 4.53. The molecule has 0 radical (unpaired) electrons. The van der Waals surface area contributed by atoms with Crippen LogP contribution in [0.1, 0.15) is 20.3 Å². The molecular formula is C6H11NO2. The van der Waals surface area contributed by atoms with E-state index in [1.165, 1.54) is 0 Å². The lowest BCUT2D eigenvalue weighted by atomic mass is 10.3. The summed E-state index contributed by atoms with van der Waals surface area (Å²) in [6.07, 6.45) is 0.443. The molecule has 3 heteroatoms. The van der Waals surface area contributed by atoms with E-state index in [-0.39, 0.29) is 5.71 Å². The second-order valence-corrected chi connectivity index (χ2v) is 1.55. The zero-order chi connectivity index (χ0) is 7.28. The van der Waals surface area contributed by atoms with E-state index in [0.29, 0.717) is 13.0 Å². The van der Waals surface area contributed by atoms with E-state index in [2.05, 4.69) is 4.74 Å². The Balaban J connectivity index is 3.60. The number of hydrogen-bond acceptors (Lipinski definition) is 3. The molecule has 0 atom stereocenters. The molecule has 1 N–H and O–H groups in total. The third-order valence-electron chi connectivity index (χ3n) is 0.875. The number of ether oxygens (including phenoxy) is 1. The predicted molar refractivity (Wildman–Crippen MR) is 34.7 cm³/mol. The maximum absolute atomic E-state index is 10.5. The Labute approximate surface area is 54.5 Å². The maximum Gasteiger partial charge on any atom is 0.351 e. The summed E-state index contributed by atoms with van der Waals surface area (Å²) in [6, 6.07) is 0. The molecule has 52 valence electrons. The van der Waals surface area contributed by atoms with E-state index in [9.17, 15) is 4.79 Å². The van der Waals surface area contributed by atoms with Crippen LogP contribution in [0.2, 0.25) is 0 Å². The van der Waals surface area contributed by atoms with E-state index < -0.39 is 5.97 Å². The first-order valence-electron chi connectivity index (χ1n) is 2.96. The highest BCUT2D eigenvalue weighted by Gasteiger charge is 2.05. The van der Waals surface area contributed by atoms with E-state index >= 15 is 0 Å². The van der Waals surface area contributed by atoms with Crippen molar-refractivity contribution in [2.75, 3.05) is 6.61 Å². The molecule has 0 heterocycles. The van der Waals surface area contributed by atoms with Crippen molar-refractivity contribution in [3.05, 3.63) is 0 Å². The highest BCUT2D eigenvalue weighted by atomic mass is 16.5. The van der Waals surface area contributed by atoms with Crippen LogP contribution >= 0.6 is 0 Å². The van der Waals surface area contributed by atoms with Crippen LogP contribution in [0.4, 0.5) is 0 Å². The van der Waals surface area contributed by atoms with Crippen LogP contribution in [0, 0.1) is 5.41 Å². The SMILES string of the molecule is CCOC(=O)C(=N)CC. The molecule has 0 aromatic heterocycles. The molecule has 0 bridgehead atoms. The van der Waals surface area contributed by atoms with E-state index in [0.717, 1.165) is 0 Å². The van der Waals surface area contributed by atoms with E-state index in [1.54, 1.807) is 13.8 Å². The fourth-order valence-electron chi connectivity index (χ4n) is 0.363. The fourth-order valence-corrected chi connectivity index (χ4v) is 0.363. The first-order chi connectivity index (χ1) is 4.22. The molecule has 9 heavy (non-hydrogen) atoms. The summed E-state index contributed by atoms with van der Waals surface area (Å²) in [7, 11) is 0. The first-order valence-corrected chi connectivity index (χ1v) is 2.96. The van der Waals surface area contributed by atoms with Gasteiger partial charge in [0.25, 0.3) is 0 Å². The Morgan fingerprint density at radius 1 is 1.56 bits per heavy atom. The lowest BCUT2D eigenvalue weighted by molar-refractivity contribution is -0.135. The number of carbonyl (C=O) groups excluding carboxylic acids is 1. The standard InChI is InChI=1S/C6H11NO2/c1-3-5(7)6(8)9-4-2/h7H,3-4H2,1-2H3. The quantitative estimate of drug-likeness (QED) is 0.456. The smallest absolute Gasteiger partial charge is 0.351 e. The van der Waals surface area contributed by atoms with Gasteiger partial charge in [-0.3, -0.25) is 5.41 Å². The van der Waals surface area contributed by atoms with Gasteiger partial charge in [0.05, 0.1) is 6.61 Å². The maximum atomic E-state index is 10.5. The van der Waals surface area contributed by atoms with Gasteiger partial charge < -0.3 is 4.74 Å². The molecule has 0 aromatic rings. The molecular weight excluding hydrogens is 118 g/mol. The molecule has 0 unspecified atom stereocenters. The Hall–Kier alpha value is -0.860. The summed E-state index contributed by atoms with van der Waals surface area (Å²) in [4.78, 5) is 10.5. The first kappa shape index (κ1) is 8.14. The lowest BCUT2D eigenvalue weighted by Gasteiger charge is -1.98. The van der Waals surface area contributed by atoms with Crippen molar-refractivity contribution in [3.8, 4) is 0 Å². The molecule has 0 fully saturated rings. The van der Waals surface area contributed by atoms with Gasteiger partial charge in [-0.2, -0.15) is 0 Å². The summed E-state index contributed by atoms with van der Waals surface area (Å²) in [5.41, 5.74) is 0.0388. The number of rotatable bonds is 3. The summed E-state index contributed by atoms with van der Waals surface area (Å²) in [5, 5.41) is 6.97. The molecule has 0 aliphatic rings. The minimum atomic E-state index is -0.500. The van der Waals surface area contributed by atoms with Crippen molar-refractivity contribution < 1.29 is 9.53 Å². The number of esters is 1. The van der Waals surface area contributed by atoms with Crippen molar-refractivity contribution in [1.29, 1.82) is 5.41 Å². The van der Waals surface area contributed by atoms with Crippen LogP contribution in [-0.4, -0.2) is 18.3 Å². The van der Waals surface area contributed by atoms with Gasteiger partial charge in [0.15, 0.2) is 0 Å². The topological polar surface area (TPSA) is 50.2 Å². The molecule has 3 nitrogen and oxygen atoms in total. The molecule has 0 saturated carbocycles. The fraction of sp³-hybridized carbons (Fsp3) is 0.667. The van der Waals surface area contributed by atoms with Crippen molar-refractivity contribution in [1.82, 2.24) is 0 Å². The van der Waals surface area contributed by atoms with Gasteiger partial charge in [-0.15, -0.1) is 0 Å². The van der Waals surface area contributed by atoms with Gasteiger partial charge >= 0.3 is 5.97 Å². The van der Waals surface area contributed by atoms with E-state index in [4.69, 9.17) is 5.41 Å². The molecule has 0 aliphatic carbocycles. The van der Waals surface area contributed by atoms with Crippen molar-refractivity contribution >= 4 is 11.7 Å². The predicted octanol–water partition coefficient (Wildman–Crippen LogP) is 0.979. The van der Waals surface area contributed by atoms with Gasteiger partial charge in [-0.05, 0) is 13.3 Å². The number of hydrogen-bond donors (Lipinski definition) is 1. The summed E-state index contributed by atoms with van der Waals surface area (Å²) >= 11 is 0. The zero-order valence-corrected chi connectivity index (χ0v) is 5.73. The normalized spacial score (nSPS) is 8.67. The minimum Gasteiger partial charge on any atom is -0.462 e. The largest absolute Gasteiger partial charge is 0.462 e. The Kier molecular flexibility index (Phi) is 3.67. The monoisotopic (exact) mass is 129 g/mol. The van der Waals surface area contributed by atoms with Crippen LogP contribution in [0.5, 0.6) is 0 Å². The second-order valence-electron chi connectivity index (χ2n) is 1.55. The van der Waals surface area contributed by atoms with Crippen molar-refractivity contribution in [3.63, 3.8) is 0 Å². The third-order valence-corrected chi connectivity index (χ3v) is 0.875. The third kappa shape index (κ3) is 2.85. The number of carbonyl (C=O) groups is 1. The Morgan fingerprint density at radius 2 is 2.11 bits per heavy atom. The van der Waals surface area contributed by atoms with Crippen molar-refractivity contribution in [2.45, 2.75) is 20.3 Å². The minimum absolute atomic E-state index is 0.0388. The van der Waals surface area contributed by atoms with Crippen LogP contribution in [-0.2, 0) is 9.53 Å². The highest BCUT2D eigenvalue weighted by Crippen LogP contribution is 1.85. The molecule has 0 aromatic carbocycles. The van der Waals surface area contributed by atoms with Gasteiger partial charge in [0.2, 0.25) is 0 Å². The van der Waals surface area contributed by atoms with Crippen molar-refractivity contribution in [2.24, 2.45) is 0 Å². The summed E-state index contributed by atoms with van der Waals surface area (Å²) in [6.45, 7) is 3.82. The average molecular weight is 129 g/mol. The van der Waals surface area contributed by atoms with Gasteiger partial charge in [-0.25, -0.2) is 4.79 Å². The Bertz CT molecular complexity index is 120. The number of nitrogens with one attached hydrogen (secondary N) is 1. The van der Waals surface area contributed by atoms with E-state index in [1.807, 2.05) is 0 Å². The van der Waals surface area contributed by atoms with Gasteiger partial charge in [-0.1, -0.05) is 6.92 Å². The molecule has 0 rings (SSSR count). The molecule has 0 saturated heterocycles. The highest BCUT2D eigenvalue weighted by molar-refractivity contribution is 6.34. The second kappa shape index (κ2) is 4.06. The van der Waals surface area contributed by atoms with Crippen LogP contribution in [0.25, 0.3) is 0 Å².